The number of carbonyl (C=O) groups is 2. The van der Waals surface area contributed by atoms with E-state index < -0.39 is 18.1 Å². The van der Waals surface area contributed by atoms with Gasteiger partial charge in [0.1, 0.15) is 12.1 Å². The summed E-state index contributed by atoms with van der Waals surface area (Å²) in [6.07, 6.45) is 4.32. The smallest absolute Gasteiger partial charge is 0.408 e. The number of ether oxygens (including phenoxy) is 1. The van der Waals surface area contributed by atoms with Crippen LogP contribution in [0.25, 0.3) is 0 Å². The largest absolute Gasteiger partial charge is 0.480 e. The topological polar surface area (TPSA) is 75.6 Å². The van der Waals surface area contributed by atoms with Crippen LogP contribution in [0.5, 0.6) is 0 Å². The van der Waals surface area contributed by atoms with Gasteiger partial charge in [-0.3, -0.25) is 0 Å². The summed E-state index contributed by atoms with van der Waals surface area (Å²) in [6.45, 7) is 6.30. The minimum Gasteiger partial charge on any atom is -0.480 e. The van der Waals surface area contributed by atoms with Crippen molar-refractivity contribution < 1.29 is 19.4 Å². The summed E-state index contributed by atoms with van der Waals surface area (Å²) >= 11 is 0. The first-order valence-corrected chi connectivity index (χ1v) is 7.62. The molecule has 1 amide bonds. The van der Waals surface area contributed by atoms with E-state index in [0.29, 0.717) is 18.3 Å². The Bertz CT molecular complexity index is 322. The number of carboxylic acids is 1. The molecule has 1 saturated carbocycles. The third-order valence-electron chi connectivity index (χ3n) is 3.85. The fourth-order valence-electron chi connectivity index (χ4n) is 2.96. The highest BCUT2D eigenvalue weighted by atomic mass is 16.6. The summed E-state index contributed by atoms with van der Waals surface area (Å²) in [5.74, 6) is 0.0969. The Hall–Kier alpha value is -1.26. The van der Waals surface area contributed by atoms with Crippen LogP contribution in [0.4, 0.5) is 4.79 Å². The minimum atomic E-state index is -0.999. The molecule has 0 bridgehead atoms. The van der Waals surface area contributed by atoms with Crippen LogP contribution in [-0.4, -0.2) is 29.3 Å². The van der Waals surface area contributed by atoms with Gasteiger partial charge in [0.25, 0.3) is 0 Å². The molecule has 2 N–H and O–H groups in total. The molecule has 0 saturated heterocycles. The maximum atomic E-state index is 11.8. The Morgan fingerprint density at radius 3 is 2.35 bits per heavy atom. The number of hydrogen-bond acceptors (Lipinski definition) is 3. The lowest BCUT2D eigenvalue weighted by atomic mass is 9.82. The predicted octanol–water partition coefficient (Wildman–Crippen LogP) is 3.18. The van der Waals surface area contributed by atoms with E-state index in [9.17, 15) is 9.59 Å². The van der Waals surface area contributed by atoms with Gasteiger partial charge in [-0.2, -0.15) is 0 Å². The van der Waals surface area contributed by atoms with Crippen molar-refractivity contribution in [2.24, 2.45) is 11.8 Å². The third-order valence-corrected chi connectivity index (χ3v) is 3.85. The first kappa shape index (κ1) is 16.8. The van der Waals surface area contributed by atoms with Gasteiger partial charge in [0.15, 0.2) is 0 Å². The van der Waals surface area contributed by atoms with Gasteiger partial charge >= 0.3 is 12.1 Å². The van der Waals surface area contributed by atoms with Crippen molar-refractivity contribution in [2.45, 2.75) is 71.4 Å². The zero-order valence-corrected chi connectivity index (χ0v) is 12.7. The van der Waals surface area contributed by atoms with Crippen LogP contribution in [0, 0.1) is 11.8 Å². The SMILES string of the molecule is CCCCC(NC(=O)OC1CC(C)CC(C)C1)C(=O)O. The van der Waals surface area contributed by atoms with Crippen LogP contribution < -0.4 is 5.32 Å². The van der Waals surface area contributed by atoms with Crippen molar-refractivity contribution in [1.82, 2.24) is 5.32 Å². The van der Waals surface area contributed by atoms with Gasteiger partial charge in [-0.15, -0.1) is 0 Å². The molecule has 0 spiro atoms. The molecule has 1 aliphatic rings. The number of rotatable bonds is 6. The number of aliphatic carboxylic acids is 1. The second-order valence-electron chi connectivity index (χ2n) is 6.12. The lowest BCUT2D eigenvalue weighted by molar-refractivity contribution is -0.139. The fraction of sp³-hybridized carbons (Fsp3) is 0.867. The Kier molecular flexibility index (Phi) is 6.82. The molecule has 0 aromatic rings. The number of alkyl carbamates (subject to hydrolysis) is 1. The summed E-state index contributed by atoms with van der Waals surface area (Å²) < 4.78 is 5.38. The highest BCUT2D eigenvalue weighted by molar-refractivity contribution is 5.79. The van der Waals surface area contributed by atoms with E-state index >= 15 is 0 Å². The molecule has 3 atom stereocenters. The molecule has 0 aromatic heterocycles. The molecule has 3 unspecified atom stereocenters. The highest BCUT2D eigenvalue weighted by Crippen LogP contribution is 2.30. The Labute approximate surface area is 121 Å². The quantitative estimate of drug-likeness (QED) is 0.786. The molecule has 1 rings (SSSR count). The van der Waals surface area contributed by atoms with E-state index in [4.69, 9.17) is 9.84 Å². The summed E-state index contributed by atoms with van der Waals surface area (Å²) in [6, 6.07) is -0.846. The van der Waals surface area contributed by atoms with Crippen LogP contribution in [0.2, 0.25) is 0 Å². The summed E-state index contributed by atoms with van der Waals surface area (Å²) in [5, 5.41) is 11.5. The minimum absolute atomic E-state index is 0.0885. The van der Waals surface area contributed by atoms with Crippen LogP contribution in [0.1, 0.15) is 59.3 Å². The summed E-state index contributed by atoms with van der Waals surface area (Å²) in [4.78, 5) is 22.9. The van der Waals surface area contributed by atoms with Crippen LogP contribution in [-0.2, 0) is 9.53 Å². The Morgan fingerprint density at radius 2 is 1.85 bits per heavy atom. The molecule has 5 nitrogen and oxygen atoms in total. The number of nitrogens with one attached hydrogen (secondary N) is 1. The van der Waals surface area contributed by atoms with E-state index in [-0.39, 0.29) is 6.10 Å². The van der Waals surface area contributed by atoms with E-state index in [1.165, 1.54) is 0 Å². The average molecular weight is 285 g/mol. The van der Waals surface area contributed by atoms with Crippen molar-refractivity contribution in [2.75, 3.05) is 0 Å². The number of amides is 1. The van der Waals surface area contributed by atoms with Crippen molar-refractivity contribution in [3.8, 4) is 0 Å². The fourth-order valence-corrected chi connectivity index (χ4v) is 2.96. The van der Waals surface area contributed by atoms with Crippen LogP contribution in [0.15, 0.2) is 0 Å². The number of carbonyl (C=O) groups excluding carboxylic acids is 1. The second kappa shape index (κ2) is 8.12. The van der Waals surface area contributed by atoms with Crippen molar-refractivity contribution >= 4 is 12.1 Å². The highest BCUT2D eigenvalue weighted by Gasteiger charge is 2.28. The van der Waals surface area contributed by atoms with Crippen molar-refractivity contribution in [3.63, 3.8) is 0 Å². The monoisotopic (exact) mass is 285 g/mol. The lowest BCUT2D eigenvalue weighted by Crippen LogP contribution is -2.43. The molecule has 1 aliphatic carbocycles. The number of carboxylic acid groups (broad SMARTS) is 1. The molecule has 0 heterocycles. The third kappa shape index (κ3) is 5.80. The average Bonchev–Trinajstić information content (AvgIpc) is 2.32. The first-order chi connectivity index (χ1) is 9.42. The van der Waals surface area contributed by atoms with E-state index in [1.54, 1.807) is 0 Å². The zero-order valence-electron chi connectivity index (χ0n) is 12.7. The Balaban J connectivity index is 2.42. The summed E-state index contributed by atoms with van der Waals surface area (Å²) in [7, 11) is 0. The van der Waals surface area contributed by atoms with Crippen LogP contribution >= 0.6 is 0 Å². The molecular formula is C15H27NO4. The molecule has 20 heavy (non-hydrogen) atoms. The number of hydrogen-bond donors (Lipinski definition) is 2. The maximum Gasteiger partial charge on any atom is 0.408 e. The van der Waals surface area contributed by atoms with E-state index in [2.05, 4.69) is 19.2 Å². The number of unbranched alkanes of at least 4 members (excludes halogenated alkanes) is 1. The molecule has 5 heteroatoms. The zero-order chi connectivity index (χ0) is 15.1. The van der Waals surface area contributed by atoms with Crippen molar-refractivity contribution in [3.05, 3.63) is 0 Å². The first-order valence-electron chi connectivity index (χ1n) is 7.62. The predicted molar refractivity (Wildman–Crippen MR) is 76.5 cm³/mol. The Morgan fingerprint density at radius 1 is 1.25 bits per heavy atom. The van der Waals surface area contributed by atoms with Gasteiger partial charge in [-0.05, 0) is 37.5 Å². The molecule has 116 valence electrons. The lowest BCUT2D eigenvalue weighted by Gasteiger charge is -2.31. The maximum absolute atomic E-state index is 11.8. The molecular weight excluding hydrogens is 258 g/mol. The van der Waals surface area contributed by atoms with Gasteiger partial charge in [0, 0.05) is 0 Å². The van der Waals surface area contributed by atoms with Crippen LogP contribution in [0.3, 0.4) is 0 Å². The molecule has 0 aliphatic heterocycles. The van der Waals surface area contributed by atoms with Gasteiger partial charge in [-0.25, -0.2) is 9.59 Å². The van der Waals surface area contributed by atoms with Gasteiger partial charge in [0.05, 0.1) is 0 Å². The normalized spacial score (nSPS) is 27.6. The molecule has 1 fully saturated rings. The van der Waals surface area contributed by atoms with Gasteiger partial charge in [-0.1, -0.05) is 33.6 Å². The van der Waals surface area contributed by atoms with Crippen molar-refractivity contribution in [1.29, 1.82) is 0 Å². The molecule has 0 radical (unpaired) electrons. The van der Waals surface area contributed by atoms with E-state index in [1.807, 2.05) is 6.92 Å². The second-order valence-corrected chi connectivity index (χ2v) is 6.12. The van der Waals surface area contributed by atoms with Gasteiger partial charge < -0.3 is 15.2 Å². The summed E-state index contributed by atoms with van der Waals surface area (Å²) in [5.41, 5.74) is 0. The standard InChI is InChI=1S/C15H27NO4/c1-4-5-6-13(14(17)18)16-15(19)20-12-8-10(2)7-11(3)9-12/h10-13H,4-9H2,1-3H3,(H,16,19)(H,17,18). The van der Waals surface area contributed by atoms with Gasteiger partial charge in [0.2, 0.25) is 0 Å². The molecule has 0 aromatic carbocycles. The van der Waals surface area contributed by atoms with E-state index in [0.717, 1.165) is 32.1 Å².